The molecular formula is C16H24N4O2. The Balaban J connectivity index is 1.79. The molecule has 1 saturated carbocycles. The summed E-state index contributed by atoms with van der Waals surface area (Å²) < 4.78 is 5.41. The molecule has 1 aliphatic carbocycles. The number of ether oxygens (including phenoxy) is 1. The zero-order valence-electron chi connectivity index (χ0n) is 13.1. The largest absolute Gasteiger partial charge is 0.381 e. The van der Waals surface area contributed by atoms with Crippen molar-refractivity contribution in [3.05, 3.63) is 17.5 Å². The molecule has 3 N–H and O–H groups in total. The van der Waals surface area contributed by atoms with Crippen molar-refractivity contribution in [2.75, 3.05) is 18.5 Å². The highest BCUT2D eigenvalue weighted by Crippen LogP contribution is 2.30. The summed E-state index contributed by atoms with van der Waals surface area (Å²) in [5.41, 5.74) is 6.63. The Morgan fingerprint density at radius 3 is 2.77 bits per heavy atom. The van der Waals surface area contributed by atoms with Crippen LogP contribution in [0, 0.1) is 5.92 Å². The minimum absolute atomic E-state index is 0.0553. The molecule has 6 heteroatoms. The Kier molecular flexibility index (Phi) is 4.29. The molecule has 0 bridgehead atoms. The number of anilines is 1. The average molecular weight is 304 g/mol. The lowest BCUT2D eigenvalue weighted by Crippen LogP contribution is -2.41. The van der Waals surface area contributed by atoms with Gasteiger partial charge in [0.15, 0.2) is 0 Å². The van der Waals surface area contributed by atoms with Crippen molar-refractivity contribution in [3.63, 3.8) is 0 Å². The van der Waals surface area contributed by atoms with Crippen molar-refractivity contribution in [1.82, 2.24) is 9.97 Å². The van der Waals surface area contributed by atoms with Crippen molar-refractivity contribution >= 4 is 11.9 Å². The van der Waals surface area contributed by atoms with E-state index in [2.05, 4.69) is 22.2 Å². The van der Waals surface area contributed by atoms with E-state index in [1.54, 1.807) is 6.20 Å². The topological polar surface area (TPSA) is 90.1 Å². The van der Waals surface area contributed by atoms with Crippen molar-refractivity contribution in [2.24, 2.45) is 11.7 Å². The minimum Gasteiger partial charge on any atom is -0.381 e. The van der Waals surface area contributed by atoms with Crippen molar-refractivity contribution in [2.45, 2.75) is 51.0 Å². The van der Waals surface area contributed by atoms with Crippen LogP contribution in [-0.4, -0.2) is 34.6 Å². The SMILES string of the molecule is CC1(Nc2ncc(C(N)=O)c(CC3CCC3)n2)CCOCC1. The van der Waals surface area contributed by atoms with Crippen LogP contribution in [0.2, 0.25) is 0 Å². The fourth-order valence-electron chi connectivity index (χ4n) is 3.03. The number of nitrogens with two attached hydrogens (primary N) is 1. The number of nitrogens with one attached hydrogen (secondary N) is 1. The van der Waals surface area contributed by atoms with Crippen LogP contribution in [0.4, 0.5) is 5.95 Å². The molecule has 0 unspecified atom stereocenters. The van der Waals surface area contributed by atoms with Crippen LogP contribution >= 0.6 is 0 Å². The van der Waals surface area contributed by atoms with Crippen LogP contribution in [0.25, 0.3) is 0 Å². The monoisotopic (exact) mass is 304 g/mol. The average Bonchev–Trinajstić information content (AvgIpc) is 2.43. The third-order valence-electron chi connectivity index (χ3n) is 4.85. The second kappa shape index (κ2) is 6.20. The molecule has 1 aromatic rings. The van der Waals surface area contributed by atoms with Crippen LogP contribution in [-0.2, 0) is 11.2 Å². The van der Waals surface area contributed by atoms with Crippen LogP contribution in [0.15, 0.2) is 6.20 Å². The van der Waals surface area contributed by atoms with Gasteiger partial charge in [-0.1, -0.05) is 19.3 Å². The first-order valence-corrected chi connectivity index (χ1v) is 8.07. The van der Waals surface area contributed by atoms with Gasteiger partial charge in [-0.05, 0) is 32.1 Å². The molecule has 1 aromatic heterocycles. The normalized spacial score (nSPS) is 21.1. The Hall–Kier alpha value is -1.69. The number of hydrogen-bond acceptors (Lipinski definition) is 5. The summed E-state index contributed by atoms with van der Waals surface area (Å²) in [7, 11) is 0. The molecule has 2 heterocycles. The number of carbonyl (C=O) groups excluding carboxylic acids is 1. The van der Waals surface area contributed by atoms with Crippen molar-refractivity contribution in [3.8, 4) is 0 Å². The summed E-state index contributed by atoms with van der Waals surface area (Å²) in [6, 6.07) is 0. The Morgan fingerprint density at radius 1 is 1.45 bits per heavy atom. The minimum atomic E-state index is -0.446. The zero-order valence-corrected chi connectivity index (χ0v) is 13.1. The first-order chi connectivity index (χ1) is 10.6. The van der Waals surface area contributed by atoms with Gasteiger partial charge in [-0.2, -0.15) is 0 Å². The maximum absolute atomic E-state index is 11.6. The molecule has 2 fully saturated rings. The third kappa shape index (κ3) is 3.38. The second-order valence-corrected chi connectivity index (χ2v) is 6.72. The fraction of sp³-hybridized carbons (Fsp3) is 0.688. The molecule has 1 amide bonds. The highest BCUT2D eigenvalue weighted by atomic mass is 16.5. The number of aromatic nitrogens is 2. The molecule has 0 atom stereocenters. The Morgan fingerprint density at radius 2 is 2.18 bits per heavy atom. The molecule has 22 heavy (non-hydrogen) atoms. The smallest absolute Gasteiger partial charge is 0.252 e. The van der Waals surface area contributed by atoms with Gasteiger partial charge in [-0.3, -0.25) is 4.79 Å². The molecule has 3 rings (SSSR count). The van der Waals surface area contributed by atoms with Gasteiger partial charge in [0, 0.05) is 24.9 Å². The summed E-state index contributed by atoms with van der Waals surface area (Å²) >= 11 is 0. The lowest BCUT2D eigenvalue weighted by atomic mass is 9.81. The summed E-state index contributed by atoms with van der Waals surface area (Å²) in [5.74, 6) is 0.765. The summed E-state index contributed by atoms with van der Waals surface area (Å²) in [6.07, 6.45) is 7.91. The number of nitrogens with zero attached hydrogens (tertiary/aromatic N) is 2. The lowest BCUT2D eigenvalue weighted by molar-refractivity contribution is 0.0656. The van der Waals surface area contributed by atoms with Gasteiger partial charge in [0.05, 0.1) is 11.3 Å². The second-order valence-electron chi connectivity index (χ2n) is 6.72. The van der Waals surface area contributed by atoms with Crippen molar-refractivity contribution in [1.29, 1.82) is 0 Å². The van der Waals surface area contributed by atoms with E-state index >= 15 is 0 Å². The number of amides is 1. The van der Waals surface area contributed by atoms with Crippen LogP contribution < -0.4 is 11.1 Å². The molecule has 0 aromatic carbocycles. The van der Waals surface area contributed by atoms with Gasteiger partial charge in [-0.25, -0.2) is 9.97 Å². The van der Waals surface area contributed by atoms with Gasteiger partial charge < -0.3 is 15.8 Å². The van der Waals surface area contributed by atoms with Gasteiger partial charge >= 0.3 is 0 Å². The van der Waals surface area contributed by atoms with E-state index in [1.165, 1.54) is 19.3 Å². The van der Waals surface area contributed by atoms with E-state index in [4.69, 9.17) is 10.5 Å². The summed E-state index contributed by atoms with van der Waals surface area (Å²) in [5, 5.41) is 3.42. The number of primary amides is 1. The van der Waals surface area contributed by atoms with Crippen LogP contribution in [0.5, 0.6) is 0 Å². The lowest BCUT2D eigenvalue weighted by Gasteiger charge is -2.34. The van der Waals surface area contributed by atoms with E-state index in [1.807, 2.05) is 0 Å². The fourth-order valence-corrected chi connectivity index (χ4v) is 3.03. The number of rotatable bonds is 5. The molecule has 0 radical (unpaired) electrons. The Bertz CT molecular complexity index is 551. The highest BCUT2D eigenvalue weighted by molar-refractivity contribution is 5.93. The van der Waals surface area contributed by atoms with Crippen LogP contribution in [0.1, 0.15) is 55.1 Å². The van der Waals surface area contributed by atoms with Gasteiger partial charge in [0.25, 0.3) is 5.91 Å². The van der Waals surface area contributed by atoms with E-state index in [0.29, 0.717) is 17.4 Å². The predicted molar refractivity (Wildman–Crippen MR) is 83.7 cm³/mol. The zero-order chi connectivity index (χ0) is 15.6. The first kappa shape index (κ1) is 15.2. The van der Waals surface area contributed by atoms with E-state index in [-0.39, 0.29) is 5.54 Å². The van der Waals surface area contributed by atoms with E-state index in [9.17, 15) is 4.79 Å². The molecular weight excluding hydrogens is 280 g/mol. The summed E-state index contributed by atoms with van der Waals surface area (Å²) in [6.45, 7) is 3.65. The molecule has 2 aliphatic rings. The maximum atomic E-state index is 11.6. The molecule has 1 saturated heterocycles. The molecule has 1 aliphatic heterocycles. The van der Waals surface area contributed by atoms with Gasteiger partial charge in [-0.15, -0.1) is 0 Å². The highest BCUT2D eigenvalue weighted by Gasteiger charge is 2.29. The molecule has 120 valence electrons. The standard InChI is InChI=1S/C16H24N4O2/c1-16(5-7-22-8-6-16)20-15-18-10-12(14(17)21)13(19-15)9-11-3-2-4-11/h10-11H,2-9H2,1H3,(H2,17,21)(H,18,19,20). The molecule has 6 nitrogen and oxygen atoms in total. The number of hydrogen-bond donors (Lipinski definition) is 2. The van der Waals surface area contributed by atoms with Gasteiger partial charge in [0.1, 0.15) is 0 Å². The number of carbonyl (C=O) groups is 1. The summed E-state index contributed by atoms with van der Waals surface area (Å²) in [4.78, 5) is 20.5. The van der Waals surface area contributed by atoms with E-state index < -0.39 is 5.91 Å². The predicted octanol–water partition coefficient (Wildman–Crippen LogP) is 1.90. The van der Waals surface area contributed by atoms with Crippen LogP contribution in [0.3, 0.4) is 0 Å². The maximum Gasteiger partial charge on any atom is 0.252 e. The van der Waals surface area contributed by atoms with E-state index in [0.717, 1.165) is 38.2 Å². The first-order valence-electron chi connectivity index (χ1n) is 8.07. The van der Waals surface area contributed by atoms with Gasteiger partial charge in [0.2, 0.25) is 5.95 Å². The quantitative estimate of drug-likeness (QED) is 0.867. The van der Waals surface area contributed by atoms with Crippen molar-refractivity contribution < 1.29 is 9.53 Å². The Labute approximate surface area is 130 Å². The molecule has 0 spiro atoms. The third-order valence-corrected chi connectivity index (χ3v) is 4.85.